The van der Waals surface area contributed by atoms with Gasteiger partial charge in [-0.15, -0.1) is 0 Å². The standard InChI is InChI=1S/C14H18N2O2/c1-14(6-8-17-11-14)16-10-12-4-2-3-5-13(12)18-9-7-15/h2-5,16H,6,8-11H2,1H3. The summed E-state index contributed by atoms with van der Waals surface area (Å²) in [5, 5.41) is 12.1. The van der Waals surface area contributed by atoms with Gasteiger partial charge in [0.15, 0.2) is 6.61 Å². The molecule has 0 aromatic heterocycles. The Labute approximate surface area is 108 Å². The summed E-state index contributed by atoms with van der Waals surface area (Å²) in [5.74, 6) is 0.772. The van der Waals surface area contributed by atoms with E-state index in [0.717, 1.165) is 37.5 Å². The molecule has 1 saturated heterocycles. The van der Waals surface area contributed by atoms with Gasteiger partial charge in [0.25, 0.3) is 0 Å². The van der Waals surface area contributed by atoms with E-state index in [1.807, 2.05) is 30.3 Å². The van der Waals surface area contributed by atoms with E-state index >= 15 is 0 Å². The molecule has 18 heavy (non-hydrogen) atoms. The highest BCUT2D eigenvalue weighted by molar-refractivity contribution is 5.33. The third-order valence-corrected chi connectivity index (χ3v) is 3.19. The van der Waals surface area contributed by atoms with Crippen LogP contribution < -0.4 is 10.1 Å². The number of rotatable bonds is 5. The molecule has 1 atom stereocenters. The van der Waals surface area contributed by atoms with Gasteiger partial charge in [0.05, 0.1) is 6.61 Å². The summed E-state index contributed by atoms with van der Waals surface area (Å²) in [7, 11) is 0. The van der Waals surface area contributed by atoms with Gasteiger partial charge in [-0.05, 0) is 19.4 Å². The van der Waals surface area contributed by atoms with Crippen LogP contribution in [0.25, 0.3) is 0 Å². The van der Waals surface area contributed by atoms with E-state index in [-0.39, 0.29) is 12.1 Å². The topological polar surface area (TPSA) is 54.3 Å². The van der Waals surface area contributed by atoms with E-state index in [1.54, 1.807) is 0 Å². The zero-order chi connectivity index (χ0) is 12.8. The summed E-state index contributed by atoms with van der Waals surface area (Å²) < 4.78 is 10.8. The second-order valence-corrected chi connectivity index (χ2v) is 4.77. The van der Waals surface area contributed by atoms with E-state index in [9.17, 15) is 0 Å². The molecule has 4 nitrogen and oxygen atoms in total. The molecule has 4 heteroatoms. The lowest BCUT2D eigenvalue weighted by Gasteiger charge is -2.24. The second kappa shape index (κ2) is 5.85. The minimum Gasteiger partial charge on any atom is -0.478 e. The maximum absolute atomic E-state index is 8.55. The quantitative estimate of drug-likeness (QED) is 0.861. The molecule has 1 aliphatic rings. The van der Waals surface area contributed by atoms with E-state index in [2.05, 4.69) is 12.2 Å². The summed E-state index contributed by atoms with van der Waals surface area (Å²) in [6, 6.07) is 9.78. The molecule has 0 bridgehead atoms. The van der Waals surface area contributed by atoms with Crippen molar-refractivity contribution in [3.05, 3.63) is 29.8 Å². The average molecular weight is 246 g/mol. The van der Waals surface area contributed by atoms with E-state index in [1.165, 1.54) is 0 Å². The fourth-order valence-corrected chi connectivity index (χ4v) is 2.02. The molecule has 1 heterocycles. The van der Waals surface area contributed by atoms with Gasteiger partial charge in [-0.1, -0.05) is 18.2 Å². The first-order valence-corrected chi connectivity index (χ1v) is 6.14. The minimum atomic E-state index is 0.0440. The molecule has 1 aromatic carbocycles. The summed E-state index contributed by atoms with van der Waals surface area (Å²) in [6.07, 6.45) is 1.02. The average Bonchev–Trinajstić information content (AvgIpc) is 2.82. The molecule has 2 rings (SSSR count). The van der Waals surface area contributed by atoms with Crippen molar-refractivity contribution in [2.75, 3.05) is 19.8 Å². The number of hydrogen-bond donors (Lipinski definition) is 1. The second-order valence-electron chi connectivity index (χ2n) is 4.77. The predicted octanol–water partition coefficient (Wildman–Crippen LogP) is 1.86. The van der Waals surface area contributed by atoms with Crippen LogP contribution in [0.2, 0.25) is 0 Å². The van der Waals surface area contributed by atoms with Gasteiger partial charge in [0.1, 0.15) is 11.8 Å². The Balaban J connectivity index is 1.98. The smallest absolute Gasteiger partial charge is 0.174 e. The van der Waals surface area contributed by atoms with E-state index < -0.39 is 0 Å². The normalized spacial score (nSPS) is 22.7. The Bertz CT molecular complexity index is 434. The molecule has 0 radical (unpaired) electrons. The van der Waals surface area contributed by atoms with Crippen molar-refractivity contribution in [1.82, 2.24) is 5.32 Å². The maximum atomic E-state index is 8.55. The lowest BCUT2D eigenvalue weighted by Crippen LogP contribution is -2.42. The molecular formula is C14H18N2O2. The fourth-order valence-electron chi connectivity index (χ4n) is 2.02. The molecule has 0 amide bonds. The number of nitrogens with one attached hydrogen (secondary N) is 1. The highest BCUT2D eigenvalue weighted by Crippen LogP contribution is 2.21. The Morgan fingerprint density at radius 2 is 2.33 bits per heavy atom. The molecular weight excluding hydrogens is 228 g/mol. The van der Waals surface area contributed by atoms with Crippen LogP contribution in [0.3, 0.4) is 0 Å². The summed E-state index contributed by atoms with van der Waals surface area (Å²) >= 11 is 0. The van der Waals surface area contributed by atoms with Crippen molar-refractivity contribution in [2.45, 2.75) is 25.4 Å². The molecule has 1 aromatic rings. The van der Waals surface area contributed by atoms with Gasteiger partial charge in [0.2, 0.25) is 0 Å². The van der Waals surface area contributed by atoms with Gasteiger partial charge in [0, 0.05) is 24.3 Å². The lowest BCUT2D eigenvalue weighted by molar-refractivity contribution is 0.171. The highest BCUT2D eigenvalue weighted by atomic mass is 16.5. The molecule has 0 spiro atoms. The lowest BCUT2D eigenvalue weighted by atomic mass is 10.0. The van der Waals surface area contributed by atoms with Crippen LogP contribution in [0.4, 0.5) is 0 Å². The van der Waals surface area contributed by atoms with E-state index in [4.69, 9.17) is 14.7 Å². The van der Waals surface area contributed by atoms with E-state index in [0.29, 0.717) is 0 Å². The Morgan fingerprint density at radius 1 is 1.50 bits per heavy atom. The van der Waals surface area contributed by atoms with Crippen molar-refractivity contribution in [3.63, 3.8) is 0 Å². The van der Waals surface area contributed by atoms with Crippen LogP contribution in [0.15, 0.2) is 24.3 Å². The number of nitriles is 1. The minimum absolute atomic E-state index is 0.0440. The SMILES string of the molecule is CC1(NCc2ccccc2OCC#N)CCOC1. The first-order valence-electron chi connectivity index (χ1n) is 6.14. The summed E-state index contributed by atoms with van der Waals surface area (Å²) in [6.45, 7) is 4.53. The number of para-hydroxylation sites is 1. The molecule has 0 aliphatic carbocycles. The number of nitrogens with zero attached hydrogens (tertiary/aromatic N) is 1. The van der Waals surface area contributed by atoms with Crippen molar-refractivity contribution in [3.8, 4) is 11.8 Å². The van der Waals surface area contributed by atoms with Crippen LogP contribution >= 0.6 is 0 Å². The Morgan fingerprint density at radius 3 is 3.06 bits per heavy atom. The highest BCUT2D eigenvalue weighted by Gasteiger charge is 2.28. The molecule has 0 saturated carbocycles. The Hall–Kier alpha value is -1.57. The van der Waals surface area contributed by atoms with Gasteiger partial charge in [-0.25, -0.2) is 0 Å². The van der Waals surface area contributed by atoms with Gasteiger partial charge in [-0.3, -0.25) is 0 Å². The molecule has 1 aliphatic heterocycles. The monoisotopic (exact) mass is 246 g/mol. The fraction of sp³-hybridized carbons (Fsp3) is 0.500. The molecule has 96 valence electrons. The first-order chi connectivity index (χ1) is 8.73. The van der Waals surface area contributed by atoms with Crippen LogP contribution in [-0.4, -0.2) is 25.4 Å². The predicted molar refractivity (Wildman–Crippen MR) is 68.2 cm³/mol. The maximum Gasteiger partial charge on any atom is 0.174 e. The van der Waals surface area contributed by atoms with Gasteiger partial charge in [-0.2, -0.15) is 5.26 Å². The molecule has 1 N–H and O–H groups in total. The zero-order valence-corrected chi connectivity index (χ0v) is 10.6. The van der Waals surface area contributed by atoms with Crippen LogP contribution in [0.1, 0.15) is 18.9 Å². The van der Waals surface area contributed by atoms with Crippen molar-refractivity contribution in [1.29, 1.82) is 5.26 Å². The molecule has 1 unspecified atom stereocenters. The number of ether oxygens (including phenoxy) is 2. The number of hydrogen-bond acceptors (Lipinski definition) is 4. The van der Waals surface area contributed by atoms with Crippen molar-refractivity contribution >= 4 is 0 Å². The number of benzene rings is 1. The third kappa shape index (κ3) is 3.22. The van der Waals surface area contributed by atoms with Crippen molar-refractivity contribution in [2.24, 2.45) is 0 Å². The van der Waals surface area contributed by atoms with Crippen molar-refractivity contribution < 1.29 is 9.47 Å². The largest absolute Gasteiger partial charge is 0.478 e. The van der Waals surface area contributed by atoms with Crippen LogP contribution in [-0.2, 0) is 11.3 Å². The molecule has 1 fully saturated rings. The Kier molecular flexibility index (Phi) is 4.19. The van der Waals surface area contributed by atoms with Crippen LogP contribution in [0.5, 0.6) is 5.75 Å². The third-order valence-electron chi connectivity index (χ3n) is 3.19. The van der Waals surface area contributed by atoms with Gasteiger partial charge >= 0.3 is 0 Å². The zero-order valence-electron chi connectivity index (χ0n) is 10.6. The van der Waals surface area contributed by atoms with Crippen LogP contribution in [0, 0.1) is 11.3 Å². The summed E-state index contributed by atoms with van der Waals surface area (Å²) in [4.78, 5) is 0. The summed E-state index contributed by atoms with van der Waals surface area (Å²) in [5.41, 5.74) is 1.11. The van der Waals surface area contributed by atoms with Gasteiger partial charge < -0.3 is 14.8 Å². The first kappa shape index (κ1) is 12.9.